The molecule has 0 radical (unpaired) electrons. The molecule has 0 fully saturated rings. The first kappa shape index (κ1) is 13.8. The van der Waals surface area contributed by atoms with Crippen LogP contribution < -0.4 is 11.1 Å². The molecule has 3 aromatic rings. The zero-order valence-electron chi connectivity index (χ0n) is 12.7. The molecule has 2 aromatic heterocycles. The summed E-state index contributed by atoms with van der Waals surface area (Å²) in [5.41, 5.74) is 4.23. The third-order valence-corrected chi connectivity index (χ3v) is 4.32. The summed E-state index contributed by atoms with van der Waals surface area (Å²) < 4.78 is 6.56. The summed E-state index contributed by atoms with van der Waals surface area (Å²) in [6, 6.07) is 5.14. The second kappa shape index (κ2) is 5.12. The van der Waals surface area contributed by atoms with Crippen molar-refractivity contribution in [3.63, 3.8) is 0 Å². The first-order chi connectivity index (χ1) is 11.1. The normalized spacial score (nSPS) is 14.0. The highest BCUT2D eigenvalue weighted by Crippen LogP contribution is 2.23. The molecule has 0 saturated heterocycles. The van der Waals surface area contributed by atoms with Crippen LogP contribution in [0.4, 0.5) is 5.69 Å². The van der Waals surface area contributed by atoms with Gasteiger partial charge in [0.1, 0.15) is 0 Å². The molecule has 1 aliphatic rings. The lowest BCUT2D eigenvalue weighted by atomic mass is 9.96. The van der Waals surface area contributed by atoms with E-state index in [0.29, 0.717) is 22.5 Å². The molecule has 0 saturated carbocycles. The van der Waals surface area contributed by atoms with Gasteiger partial charge in [0.05, 0.1) is 5.52 Å². The van der Waals surface area contributed by atoms with E-state index in [1.165, 1.54) is 4.57 Å². The molecule has 7 heteroatoms. The Labute approximate surface area is 131 Å². The van der Waals surface area contributed by atoms with Gasteiger partial charge in [-0.2, -0.15) is 5.10 Å². The first-order valence-corrected chi connectivity index (χ1v) is 7.60. The summed E-state index contributed by atoms with van der Waals surface area (Å²) in [6.07, 6.45) is 4.02. The van der Waals surface area contributed by atoms with E-state index in [9.17, 15) is 9.59 Å². The van der Waals surface area contributed by atoms with Crippen LogP contribution >= 0.6 is 0 Å². The number of nitrogens with one attached hydrogen (secondary N) is 2. The summed E-state index contributed by atoms with van der Waals surface area (Å²) in [6.45, 7) is 0. The number of nitrogens with zero attached hydrogens (tertiary/aromatic N) is 2. The van der Waals surface area contributed by atoms with Crippen molar-refractivity contribution in [1.82, 2.24) is 14.8 Å². The van der Waals surface area contributed by atoms with Crippen molar-refractivity contribution < 1.29 is 9.21 Å². The van der Waals surface area contributed by atoms with Gasteiger partial charge in [0, 0.05) is 30.1 Å². The van der Waals surface area contributed by atoms with Gasteiger partial charge in [-0.25, -0.2) is 4.79 Å². The molecule has 118 valence electrons. The number of carbonyl (C=O) groups excluding carboxylic acids is 1. The van der Waals surface area contributed by atoms with E-state index < -0.39 is 5.76 Å². The van der Waals surface area contributed by atoms with Gasteiger partial charge in [0.2, 0.25) is 0 Å². The van der Waals surface area contributed by atoms with Gasteiger partial charge in [0.25, 0.3) is 5.91 Å². The molecule has 0 atom stereocenters. The van der Waals surface area contributed by atoms with E-state index in [0.717, 1.165) is 36.9 Å². The van der Waals surface area contributed by atoms with Crippen LogP contribution in [0.3, 0.4) is 0 Å². The van der Waals surface area contributed by atoms with Crippen LogP contribution in [-0.4, -0.2) is 20.7 Å². The minimum atomic E-state index is -0.426. The third kappa shape index (κ3) is 2.25. The molecule has 1 amide bonds. The lowest BCUT2D eigenvalue weighted by Gasteiger charge is -2.11. The molecule has 4 rings (SSSR count). The van der Waals surface area contributed by atoms with Crippen molar-refractivity contribution in [1.29, 1.82) is 0 Å². The van der Waals surface area contributed by atoms with Crippen LogP contribution in [0, 0.1) is 0 Å². The Hall–Kier alpha value is -2.83. The molecular formula is C16H16N4O3. The number of benzene rings is 1. The number of hydrogen-bond donors (Lipinski definition) is 2. The molecule has 2 heterocycles. The van der Waals surface area contributed by atoms with Crippen molar-refractivity contribution in [2.24, 2.45) is 7.05 Å². The number of aryl methyl sites for hydroxylation is 2. The molecule has 1 aromatic carbocycles. The van der Waals surface area contributed by atoms with Crippen LogP contribution in [0.5, 0.6) is 0 Å². The van der Waals surface area contributed by atoms with Crippen molar-refractivity contribution in [3.05, 3.63) is 45.7 Å². The van der Waals surface area contributed by atoms with Crippen LogP contribution in [0.1, 0.15) is 34.6 Å². The minimum Gasteiger partial charge on any atom is -0.408 e. The van der Waals surface area contributed by atoms with Crippen molar-refractivity contribution in [2.75, 3.05) is 5.32 Å². The summed E-state index contributed by atoms with van der Waals surface area (Å²) in [5, 5.41) is 9.94. The molecule has 2 N–H and O–H groups in total. The zero-order valence-corrected chi connectivity index (χ0v) is 12.7. The Bertz CT molecular complexity index is 964. The Morgan fingerprint density at radius 1 is 1.35 bits per heavy atom. The molecule has 0 spiro atoms. The second-order valence-corrected chi connectivity index (χ2v) is 5.80. The Balaban J connectivity index is 1.64. The maximum atomic E-state index is 12.5. The lowest BCUT2D eigenvalue weighted by Crippen LogP contribution is -2.15. The zero-order chi connectivity index (χ0) is 16.0. The van der Waals surface area contributed by atoms with Gasteiger partial charge in [-0.05, 0) is 37.8 Å². The van der Waals surface area contributed by atoms with Crippen LogP contribution in [0.25, 0.3) is 11.1 Å². The van der Waals surface area contributed by atoms with Crippen LogP contribution in [-0.2, 0) is 19.9 Å². The van der Waals surface area contributed by atoms with Gasteiger partial charge in [-0.1, -0.05) is 0 Å². The number of hydrogen-bond acceptors (Lipinski definition) is 4. The fourth-order valence-electron chi connectivity index (χ4n) is 3.07. The monoisotopic (exact) mass is 312 g/mol. The molecule has 0 bridgehead atoms. The number of rotatable bonds is 2. The molecular weight excluding hydrogens is 296 g/mol. The van der Waals surface area contributed by atoms with Crippen LogP contribution in [0.15, 0.2) is 27.4 Å². The molecule has 0 aliphatic heterocycles. The number of carbonyl (C=O) groups is 1. The topological polar surface area (TPSA) is 92.9 Å². The van der Waals surface area contributed by atoms with Crippen LogP contribution in [0.2, 0.25) is 0 Å². The van der Waals surface area contributed by atoms with Gasteiger partial charge in [-0.3, -0.25) is 14.5 Å². The number of aromatic amines is 1. The number of oxazole rings is 1. The van der Waals surface area contributed by atoms with Gasteiger partial charge in [-0.15, -0.1) is 0 Å². The fourth-order valence-corrected chi connectivity index (χ4v) is 3.07. The summed E-state index contributed by atoms with van der Waals surface area (Å²) in [7, 11) is 1.64. The fraction of sp³-hybridized carbons (Fsp3) is 0.312. The molecule has 7 nitrogen and oxygen atoms in total. The van der Waals surface area contributed by atoms with E-state index in [1.54, 1.807) is 25.2 Å². The standard InChI is InChI=1S/C16H16N4O3/c1-20-12-7-6-9(8-13(12)23-16(20)22)17-15(21)14-10-4-2-3-5-11(10)18-19-14/h6-8H,2-5H2,1H3,(H,17,21)(H,18,19). The summed E-state index contributed by atoms with van der Waals surface area (Å²) in [5.74, 6) is -0.674. The smallest absolute Gasteiger partial charge is 0.408 e. The second-order valence-electron chi connectivity index (χ2n) is 5.80. The Kier molecular flexibility index (Phi) is 3.07. The maximum Gasteiger partial charge on any atom is 0.419 e. The number of amides is 1. The number of fused-ring (bicyclic) bond motifs is 2. The van der Waals surface area contributed by atoms with Gasteiger partial charge in [0.15, 0.2) is 11.3 Å². The van der Waals surface area contributed by atoms with Crippen molar-refractivity contribution in [3.8, 4) is 0 Å². The molecule has 23 heavy (non-hydrogen) atoms. The quantitative estimate of drug-likeness (QED) is 0.756. The highest BCUT2D eigenvalue weighted by Gasteiger charge is 2.21. The summed E-state index contributed by atoms with van der Waals surface area (Å²) >= 11 is 0. The Morgan fingerprint density at radius 2 is 2.17 bits per heavy atom. The minimum absolute atomic E-state index is 0.248. The molecule has 0 unspecified atom stereocenters. The van der Waals surface area contributed by atoms with Gasteiger partial charge < -0.3 is 9.73 Å². The first-order valence-electron chi connectivity index (χ1n) is 7.60. The number of H-pyrrole nitrogens is 1. The Morgan fingerprint density at radius 3 is 3.04 bits per heavy atom. The largest absolute Gasteiger partial charge is 0.419 e. The molecule has 1 aliphatic carbocycles. The number of aromatic nitrogens is 3. The summed E-state index contributed by atoms with van der Waals surface area (Å²) in [4.78, 5) is 24.0. The highest BCUT2D eigenvalue weighted by molar-refractivity contribution is 6.04. The van der Waals surface area contributed by atoms with Gasteiger partial charge >= 0.3 is 5.76 Å². The number of anilines is 1. The van der Waals surface area contributed by atoms with E-state index in [-0.39, 0.29) is 5.91 Å². The predicted octanol–water partition coefficient (Wildman–Crippen LogP) is 1.99. The van der Waals surface area contributed by atoms with E-state index in [2.05, 4.69) is 15.5 Å². The average molecular weight is 312 g/mol. The predicted molar refractivity (Wildman–Crippen MR) is 84.6 cm³/mol. The third-order valence-electron chi connectivity index (χ3n) is 4.32. The SMILES string of the molecule is Cn1c(=O)oc2cc(NC(=O)c3n[nH]c4c3CCCC4)ccc21. The van der Waals surface area contributed by atoms with Crippen molar-refractivity contribution >= 4 is 22.7 Å². The lowest BCUT2D eigenvalue weighted by molar-refractivity contribution is 0.102. The highest BCUT2D eigenvalue weighted by atomic mass is 16.4. The van der Waals surface area contributed by atoms with E-state index in [4.69, 9.17) is 4.42 Å². The van der Waals surface area contributed by atoms with E-state index in [1.807, 2.05) is 0 Å². The van der Waals surface area contributed by atoms with E-state index >= 15 is 0 Å². The average Bonchev–Trinajstić information content (AvgIpc) is 3.09. The van der Waals surface area contributed by atoms with Crippen molar-refractivity contribution in [2.45, 2.75) is 25.7 Å². The maximum absolute atomic E-state index is 12.5.